The summed E-state index contributed by atoms with van der Waals surface area (Å²) in [6.07, 6.45) is 4.13. The second-order valence-electron chi connectivity index (χ2n) is 8.55. The Hall–Kier alpha value is -4.07. The molecule has 8 nitrogen and oxygen atoms in total. The predicted molar refractivity (Wildman–Crippen MR) is 129 cm³/mol. The Morgan fingerprint density at radius 1 is 1.11 bits per heavy atom. The summed E-state index contributed by atoms with van der Waals surface area (Å²) in [5.74, 6) is 3.08. The van der Waals surface area contributed by atoms with Crippen molar-refractivity contribution < 1.29 is 23.2 Å². The molecule has 0 spiro atoms. The number of amides is 1. The number of hydrogen-bond acceptors (Lipinski definition) is 7. The standard InChI is InChI=1S/C27H27N3O5/c1-32-21-11-9-18(10-12-21)23-15-25(35-29-23)27(31)30-13-5-7-20(17-30)26-28-16-22(34-26)14-19-6-3-4-8-24(19)33-2/h3-4,6,8-12,15-16,20H,5,7,13-14,17H2,1-2H3/t20-/m1/s1. The van der Waals surface area contributed by atoms with Crippen LogP contribution >= 0.6 is 0 Å². The number of oxazole rings is 1. The van der Waals surface area contributed by atoms with E-state index in [2.05, 4.69) is 10.1 Å². The molecule has 0 unspecified atom stereocenters. The largest absolute Gasteiger partial charge is 0.497 e. The maximum absolute atomic E-state index is 13.1. The van der Waals surface area contributed by atoms with Gasteiger partial charge in [-0.1, -0.05) is 23.4 Å². The van der Waals surface area contributed by atoms with Crippen LogP contribution in [0.1, 0.15) is 46.5 Å². The Bertz CT molecular complexity index is 1290. The molecule has 0 bridgehead atoms. The van der Waals surface area contributed by atoms with Crippen LogP contribution in [0, 0.1) is 0 Å². The zero-order valence-electron chi connectivity index (χ0n) is 19.8. The van der Waals surface area contributed by atoms with Crippen LogP contribution in [0.5, 0.6) is 11.5 Å². The average molecular weight is 474 g/mol. The summed E-state index contributed by atoms with van der Waals surface area (Å²) in [6.45, 7) is 1.18. The molecule has 2 aromatic heterocycles. The highest BCUT2D eigenvalue weighted by atomic mass is 16.5. The highest BCUT2D eigenvalue weighted by Gasteiger charge is 2.30. The van der Waals surface area contributed by atoms with Crippen LogP contribution in [-0.2, 0) is 6.42 Å². The normalized spacial score (nSPS) is 15.7. The molecule has 0 saturated carbocycles. The fraction of sp³-hybridized carbons (Fsp3) is 0.296. The minimum atomic E-state index is -0.178. The molecule has 1 aliphatic rings. The van der Waals surface area contributed by atoms with Gasteiger partial charge in [0.2, 0.25) is 5.76 Å². The van der Waals surface area contributed by atoms with E-state index in [1.165, 1.54) is 0 Å². The van der Waals surface area contributed by atoms with Crippen molar-refractivity contribution in [2.24, 2.45) is 0 Å². The monoisotopic (exact) mass is 473 g/mol. The van der Waals surface area contributed by atoms with E-state index >= 15 is 0 Å². The quantitative estimate of drug-likeness (QED) is 0.375. The zero-order chi connectivity index (χ0) is 24.2. The molecule has 8 heteroatoms. The number of methoxy groups -OCH3 is 2. The van der Waals surface area contributed by atoms with E-state index in [1.54, 1.807) is 31.4 Å². The van der Waals surface area contributed by atoms with Gasteiger partial charge in [-0.3, -0.25) is 4.79 Å². The molecule has 5 rings (SSSR count). The van der Waals surface area contributed by atoms with E-state index in [4.69, 9.17) is 18.4 Å². The number of para-hydroxylation sites is 1. The average Bonchev–Trinajstić information content (AvgIpc) is 3.59. The molecule has 3 heterocycles. The first-order chi connectivity index (χ1) is 17.1. The van der Waals surface area contributed by atoms with Crippen LogP contribution in [-0.4, -0.2) is 48.3 Å². The Morgan fingerprint density at radius 2 is 1.94 bits per heavy atom. The van der Waals surface area contributed by atoms with Gasteiger partial charge in [0.25, 0.3) is 5.91 Å². The van der Waals surface area contributed by atoms with Crippen molar-refractivity contribution in [2.45, 2.75) is 25.2 Å². The van der Waals surface area contributed by atoms with Gasteiger partial charge >= 0.3 is 0 Å². The number of rotatable bonds is 7. The van der Waals surface area contributed by atoms with Crippen LogP contribution in [0.25, 0.3) is 11.3 Å². The number of carbonyl (C=O) groups is 1. The van der Waals surface area contributed by atoms with Gasteiger partial charge < -0.3 is 23.3 Å². The van der Waals surface area contributed by atoms with Crippen molar-refractivity contribution in [3.05, 3.63) is 83.8 Å². The lowest BCUT2D eigenvalue weighted by Crippen LogP contribution is -2.39. The molecule has 0 N–H and O–H groups in total. The molecule has 1 fully saturated rings. The van der Waals surface area contributed by atoms with E-state index in [0.717, 1.165) is 41.2 Å². The Kier molecular flexibility index (Phi) is 6.52. The molecule has 2 aromatic carbocycles. The summed E-state index contributed by atoms with van der Waals surface area (Å²) < 4.78 is 22.1. The molecule has 180 valence electrons. The number of nitrogens with zero attached hydrogens (tertiary/aromatic N) is 3. The molecule has 1 amide bonds. The van der Waals surface area contributed by atoms with Gasteiger partial charge in [-0.05, 0) is 43.2 Å². The van der Waals surface area contributed by atoms with Crippen molar-refractivity contribution in [1.29, 1.82) is 0 Å². The van der Waals surface area contributed by atoms with Crippen molar-refractivity contribution in [2.75, 3.05) is 27.3 Å². The smallest absolute Gasteiger partial charge is 0.292 e. The molecular weight excluding hydrogens is 446 g/mol. The van der Waals surface area contributed by atoms with Gasteiger partial charge in [0.15, 0.2) is 5.89 Å². The number of ether oxygens (including phenoxy) is 2. The molecule has 0 radical (unpaired) electrons. The summed E-state index contributed by atoms with van der Waals surface area (Å²) >= 11 is 0. The van der Waals surface area contributed by atoms with Crippen LogP contribution in [0.2, 0.25) is 0 Å². The summed E-state index contributed by atoms with van der Waals surface area (Å²) in [7, 11) is 3.28. The Balaban J connectivity index is 1.25. The molecule has 4 aromatic rings. The fourth-order valence-electron chi connectivity index (χ4n) is 4.42. The molecule has 1 aliphatic heterocycles. The first-order valence-corrected chi connectivity index (χ1v) is 11.6. The molecule has 1 atom stereocenters. The molecule has 1 saturated heterocycles. The summed E-state index contributed by atoms with van der Waals surface area (Å²) in [4.78, 5) is 19.5. The predicted octanol–water partition coefficient (Wildman–Crippen LogP) is 4.96. The van der Waals surface area contributed by atoms with Crippen molar-refractivity contribution >= 4 is 5.91 Å². The lowest BCUT2D eigenvalue weighted by atomic mass is 9.97. The van der Waals surface area contributed by atoms with Crippen LogP contribution in [0.15, 0.2) is 69.7 Å². The minimum absolute atomic E-state index is 0.0306. The van der Waals surface area contributed by atoms with E-state index in [-0.39, 0.29) is 17.6 Å². The Labute approximate surface area is 203 Å². The second-order valence-corrected chi connectivity index (χ2v) is 8.55. The lowest BCUT2D eigenvalue weighted by Gasteiger charge is -2.30. The molecule has 0 aliphatic carbocycles. The zero-order valence-corrected chi connectivity index (χ0v) is 19.8. The lowest BCUT2D eigenvalue weighted by molar-refractivity contribution is 0.0656. The maximum Gasteiger partial charge on any atom is 0.292 e. The van der Waals surface area contributed by atoms with Crippen molar-refractivity contribution in [3.8, 4) is 22.8 Å². The molecule has 35 heavy (non-hydrogen) atoms. The minimum Gasteiger partial charge on any atom is -0.497 e. The third kappa shape index (κ3) is 4.91. The van der Waals surface area contributed by atoms with E-state index in [9.17, 15) is 4.79 Å². The van der Waals surface area contributed by atoms with Gasteiger partial charge in [-0.15, -0.1) is 0 Å². The number of benzene rings is 2. The van der Waals surface area contributed by atoms with Crippen molar-refractivity contribution in [1.82, 2.24) is 15.0 Å². The Morgan fingerprint density at radius 3 is 2.74 bits per heavy atom. The van der Waals surface area contributed by atoms with Gasteiger partial charge in [0, 0.05) is 36.7 Å². The first-order valence-electron chi connectivity index (χ1n) is 11.6. The SMILES string of the molecule is COc1ccc(-c2cc(C(=O)N3CCC[C@@H](c4ncc(Cc5ccccc5OC)o4)C3)on2)cc1. The highest BCUT2D eigenvalue weighted by Crippen LogP contribution is 2.30. The number of likely N-dealkylation sites (tertiary alicyclic amines) is 1. The third-order valence-electron chi connectivity index (χ3n) is 6.29. The fourth-order valence-corrected chi connectivity index (χ4v) is 4.42. The van der Waals surface area contributed by atoms with E-state index in [1.807, 2.05) is 48.5 Å². The van der Waals surface area contributed by atoms with Gasteiger partial charge in [0.05, 0.1) is 26.3 Å². The van der Waals surface area contributed by atoms with E-state index < -0.39 is 0 Å². The summed E-state index contributed by atoms with van der Waals surface area (Å²) in [6, 6.07) is 17.0. The van der Waals surface area contributed by atoms with Gasteiger partial charge in [-0.2, -0.15) is 0 Å². The van der Waals surface area contributed by atoms with Crippen LogP contribution in [0.3, 0.4) is 0 Å². The summed E-state index contributed by atoms with van der Waals surface area (Å²) in [5, 5.41) is 4.09. The second kappa shape index (κ2) is 10.0. The number of carbonyl (C=O) groups excluding carboxylic acids is 1. The van der Waals surface area contributed by atoms with Crippen LogP contribution in [0.4, 0.5) is 0 Å². The summed E-state index contributed by atoms with van der Waals surface area (Å²) in [5.41, 5.74) is 2.50. The third-order valence-corrected chi connectivity index (χ3v) is 6.29. The number of aromatic nitrogens is 2. The van der Waals surface area contributed by atoms with Gasteiger partial charge in [-0.25, -0.2) is 4.98 Å². The maximum atomic E-state index is 13.1. The van der Waals surface area contributed by atoms with Gasteiger partial charge in [0.1, 0.15) is 23.0 Å². The number of hydrogen-bond donors (Lipinski definition) is 0. The molecular formula is C27H27N3O5. The van der Waals surface area contributed by atoms with E-state index in [0.29, 0.717) is 31.1 Å². The topological polar surface area (TPSA) is 90.8 Å². The van der Waals surface area contributed by atoms with Crippen molar-refractivity contribution in [3.63, 3.8) is 0 Å². The highest BCUT2D eigenvalue weighted by molar-refractivity contribution is 5.92. The number of piperidine rings is 1. The van der Waals surface area contributed by atoms with Crippen LogP contribution < -0.4 is 9.47 Å². The first kappa shape index (κ1) is 22.7.